The Labute approximate surface area is 140 Å². The van der Waals surface area contributed by atoms with Crippen molar-refractivity contribution in [2.24, 2.45) is 4.99 Å². The molecule has 2 rings (SSSR count). The number of anilines is 1. The summed E-state index contributed by atoms with van der Waals surface area (Å²) in [5.74, 6) is 2.02. The maximum Gasteiger partial charge on any atom is 0.193 e. The van der Waals surface area contributed by atoms with Crippen molar-refractivity contribution in [1.29, 1.82) is 0 Å². The number of hydrogen-bond acceptors (Lipinski definition) is 3. The van der Waals surface area contributed by atoms with Gasteiger partial charge in [0, 0.05) is 46.5 Å². The van der Waals surface area contributed by atoms with E-state index in [-0.39, 0.29) is 0 Å². The number of guanidine groups is 1. The topological polar surface area (TPSA) is 43.8 Å². The van der Waals surface area contributed by atoms with E-state index in [1.807, 2.05) is 19.3 Å². The van der Waals surface area contributed by atoms with Crippen molar-refractivity contribution in [3.8, 4) is 0 Å². The lowest BCUT2D eigenvalue weighted by Crippen LogP contribution is -2.39. The van der Waals surface area contributed by atoms with Crippen molar-refractivity contribution >= 4 is 11.8 Å². The normalized spacial score (nSPS) is 14.9. The van der Waals surface area contributed by atoms with E-state index in [9.17, 15) is 0 Å². The van der Waals surface area contributed by atoms with E-state index in [0.717, 1.165) is 50.8 Å². The first-order valence-corrected chi connectivity index (χ1v) is 8.47. The lowest BCUT2D eigenvalue weighted by Gasteiger charge is -2.22. The Kier molecular flexibility index (Phi) is 6.91. The molecule has 1 saturated heterocycles. The third-order valence-corrected chi connectivity index (χ3v) is 4.17. The zero-order valence-electron chi connectivity index (χ0n) is 14.5. The summed E-state index contributed by atoms with van der Waals surface area (Å²) < 4.78 is 0. The second-order valence-corrected chi connectivity index (χ2v) is 5.97. The van der Waals surface area contributed by atoms with Gasteiger partial charge in [-0.15, -0.1) is 6.58 Å². The van der Waals surface area contributed by atoms with E-state index in [1.54, 1.807) is 0 Å². The Morgan fingerprint density at radius 2 is 2.26 bits per heavy atom. The van der Waals surface area contributed by atoms with Crippen LogP contribution in [0.25, 0.3) is 0 Å². The van der Waals surface area contributed by atoms with Crippen molar-refractivity contribution < 1.29 is 0 Å². The van der Waals surface area contributed by atoms with Gasteiger partial charge in [-0.1, -0.05) is 6.08 Å². The molecule has 5 heteroatoms. The predicted molar refractivity (Wildman–Crippen MR) is 97.9 cm³/mol. The average Bonchev–Trinajstić information content (AvgIpc) is 3.10. The molecule has 1 aromatic rings. The zero-order chi connectivity index (χ0) is 16.5. The maximum atomic E-state index is 4.50. The van der Waals surface area contributed by atoms with Crippen LogP contribution in [-0.4, -0.2) is 49.6 Å². The number of allylic oxidation sites excluding steroid dienone is 1. The molecule has 5 nitrogen and oxygen atoms in total. The van der Waals surface area contributed by atoms with Crippen LogP contribution in [0.1, 0.15) is 31.2 Å². The summed E-state index contributed by atoms with van der Waals surface area (Å²) in [5, 5.41) is 3.43. The van der Waals surface area contributed by atoms with Crippen LogP contribution < -0.4 is 10.2 Å². The first kappa shape index (κ1) is 17.3. The Morgan fingerprint density at radius 3 is 2.96 bits per heavy atom. The van der Waals surface area contributed by atoms with Crippen LogP contribution in [0.15, 0.2) is 36.0 Å². The molecule has 0 amide bonds. The van der Waals surface area contributed by atoms with E-state index >= 15 is 0 Å². The Balaban J connectivity index is 1.88. The zero-order valence-corrected chi connectivity index (χ0v) is 14.5. The van der Waals surface area contributed by atoms with Crippen LogP contribution in [0.4, 0.5) is 5.82 Å². The van der Waals surface area contributed by atoms with Gasteiger partial charge in [-0.2, -0.15) is 0 Å². The molecule has 1 aliphatic rings. The van der Waals surface area contributed by atoms with Crippen LogP contribution in [0.2, 0.25) is 0 Å². The van der Waals surface area contributed by atoms with E-state index < -0.39 is 0 Å². The minimum atomic E-state index is 0.766. The second-order valence-electron chi connectivity index (χ2n) is 5.97. The molecule has 126 valence electrons. The molecule has 0 bridgehead atoms. The number of pyridine rings is 1. The van der Waals surface area contributed by atoms with Gasteiger partial charge >= 0.3 is 0 Å². The third kappa shape index (κ3) is 5.27. The van der Waals surface area contributed by atoms with Gasteiger partial charge in [-0.05, 0) is 43.4 Å². The van der Waals surface area contributed by atoms with E-state index in [1.165, 1.54) is 18.4 Å². The first-order chi connectivity index (χ1) is 11.2. The molecule has 0 atom stereocenters. The van der Waals surface area contributed by atoms with Crippen LogP contribution in [0.3, 0.4) is 0 Å². The molecular weight excluding hydrogens is 286 g/mol. The number of rotatable bonds is 7. The van der Waals surface area contributed by atoms with Gasteiger partial charge in [0.1, 0.15) is 5.82 Å². The SMILES string of the molecule is C=CCCCN(C)C(=NC)NCc1ccnc(N2CCCC2)c1. The molecule has 0 aromatic carbocycles. The van der Waals surface area contributed by atoms with Crippen molar-refractivity contribution in [3.63, 3.8) is 0 Å². The number of unbranched alkanes of at least 4 members (excludes halogenated alkanes) is 1. The minimum Gasteiger partial charge on any atom is -0.357 e. The number of aromatic nitrogens is 1. The highest BCUT2D eigenvalue weighted by atomic mass is 15.3. The van der Waals surface area contributed by atoms with Crippen LogP contribution >= 0.6 is 0 Å². The van der Waals surface area contributed by atoms with Gasteiger partial charge in [0.05, 0.1) is 0 Å². The lowest BCUT2D eigenvalue weighted by molar-refractivity contribution is 0.470. The molecule has 1 fully saturated rings. The van der Waals surface area contributed by atoms with E-state index in [2.05, 4.69) is 50.9 Å². The van der Waals surface area contributed by atoms with Gasteiger partial charge in [-0.3, -0.25) is 4.99 Å². The Morgan fingerprint density at radius 1 is 1.48 bits per heavy atom. The Hall–Kier alpha value is -2.04. The van der Waals surface area contributed by atoms with Gasteiger partial charge in [-0.25, -0.2) is 4.98 Å². The molecule has 0 aliphatic carbocycles. The molecule has 0 unspecified atom stereocenters. The predicted octanol–water partition coefficient (Wildman–Crippen LogP) is 2.66. The fourth-order valence-electron chi connectivity index (χ4n) is 2.83. The molecule has 2 heterocycles. The van der Waals surface area contributed by atoms with Gasteiger partial charge in [0.2, 0.25) is 0 Å². The first-order valence-electron chi connectivity index (χ1n) is 8.47. The van der Waals surface area contributed by atoms with Crippen molar-refractivity contribution in [2.75, 3.05) is 38.6 Å². The number of nitrogens with one attached hydrogen (secondary N) is 1. The molecule has 23 heavy (non-hydrogen) atoms. The fraction of sp³-hybridized carbons (Fsp3) is 0.556. The molecule has 1 aliphatic heterocycles. The van der Waals surface area contributed by atoms with Gasteiger partial charge in [0.25, 0.3) is 0 Å². The van der Waals surface area contributed by atoms with Crippen molar-refractivity contribution in [1.82, 2.24) is 15.2 Å². The molecule has 0 spiro atoms. The quantitative estimate of drug-likeness (QED) is 0.364. The molecule has 0 radical (unpaired) electrons. The molecule has 0 saturated carbocycles. The van der Waals surface area contributed by atoms with Crippen molar-refractivity contribution in [2.45, 2.75) is 32.2 Å². The number of nitrogens with zero attached hydrogens (tertiary/aromatic N) is 4. The standard InChI is InChI=1S/C18H29N5/c1-4-5-6-11-22(3)18(19-2)21-15-16-9-10-20-17(14-16)23-12-7-8-13-23/h4,9-10,14H,1,5-8,11-13,15H2,2-3H3,(H,19,21). The molecule has 1 aromatic heterocycles. The highest BCUT2D eigenvalue weighted by molar-refractivity contribution is 5.79. The van der Waals surface area contributed by atoms with E-state index in [0.29, 0.717) is 0 Å². The molecular formula is C18H29N5. The summed E-state index contributed by atoms with van der Waals surface area (Å²) in [6.07, 6.45) is 8.53. The summed E-state index contributed by atoms with van der Waals surface area (Å²) in [4.78, 5) is 13.4. The summed E-state index contributed by atoms with van der Waals surface area (Å²) in [6, 6.07) is 4.25. The monoisotopic (exact) mass is 315 g/mol. The third-order valence-electron chi connectivity index (χ3n) is 4.17. The summed E-state index contributed by atoms with van der Waals surface area (Å²) in [5.41, 5.74) is 1.24. The summed E-state index contributed by atoms with van der Waals surface area (Å²) >= 11 is 0. The number of hydrogen-bond donors (Lipinski definition) is 1. The summed E-state index contributed by atoms with van der Waals surface area (Å²) in [6.45, 7) is 7.75. The van der Waals surface area contributed by atoms with Crippen LogP contribution in [-0.2, 0) is 6.54 Å². The maximum absolute atomic E-state index is 4.50. The van der Waals surface area contributed by atoms with Crippen LogP contribution in [0, 0.1) is 0 Å². The lowest BCUT2D eigenvalue weighted by atomic mass is 10.2. The second kappa shape index (κ2) is 9.18. The highest BCUT2D eigenvalue weighted by Gasteiger charge is 2.13. The van der Waals surface area contributed by atoms with Gasteiger partial charge < -0.3 is 15.1 Å². The summed E-state index contributed by atoms with van der Waals surface area (Å²) in [7, 11) is 3.90. The number of aliphatic imine (C=N–C) groups is 1. The minimum absolute atomic E-state index is 0.766. The highest BCUT2D eigenvalue weighted by Crippen LogP contribution is 2.18. The van der Waals surface area contributed by atoms with Crippen molar-refractivity contribution in [3.05, 3.63) is 36.5 Å². The smallest absolute Gasteiger partial charge is 0.193 e. The average molecular weight is 315 g/mol. The fourth-order valence-corrected chi connectivity index (χ4v) is 2.83. The largest absolute Gasteiger partial charge is 0.357 e. The van der Waals surface area contributed by atoms with Crippen LogP contribution in [0.5, 0.6) is 0 Å². The van der Waals surface area contributed by atoms with E-state index in [4.69, 9.17) is 0 Å². The molecule has 1 N–H and O–H groups in total. The van der Waals surface area contributed by atoms with Gasteiger partial charge in [0.15, 0.2) is 5.96 Å². The Bertz CT molecular complexity index is 520.